The van der Waals surface area contributed by atoms with Crippen LogP contribution in [0.4, 0.5) is 13.2 Å². The van der Waals surface area contributed by atoms with Crippen LogP contribution < -0.4 is 0 Å². The van der Waals surface area contributed by atoms with Crippen molar-refractivity contribution in [1.29, 1.82) is 0 Å². The quantitative estimate of drug-likeness (QED) is 0.580. The van der Waals surface area contributed by atoms with E-state index in [0.29, 0.717) is 6.92 Å². The number of aliphatic hydroxyl groups excluding tert-OH is 1. The Labute approximate surface area is 71.2 Å². The average Bonchev–Trinajstić information content (AvgIpc) is 1.79. The van der Waals surface area contributed by atoms with Crippen LogP contribution in [0.1, 0.15) is 13.3 Å². The van der Waals surface area contributed by atoms with Gasteiger partial charge in [-0.1, -0.05) is 0 Å². The largest absolute Gasteiger partial charge is 0.455 e. The first-order valence-corrected chi connectivity index (χ1v) is 3.39. The average molecular weight is 200 g/mol. The minimum atomic E-state index is -4.86. The first kappa shape index (κ1) is 10.3. The summed E-state index contributed by atoms with van der Waals surface area (Å²) in [6, 6.07) is 0. The molecular formula is C6H7F3O4. The maximum Gasteiger partial charge on any atom is 0.455 e. The lowest BCUT2D eigenvalue weighted by Crippen LogP contribution is -2.54. The Hall–Kier alpha value is -0.820. The molecule has 0 radical (unpaired) electrons. The summed E-state index contributed by atoms with van der Waals surface area (Å²) < 4.78 is 44.5. The van der Waals surface area contributed by atoms with Crippen LogP contribution in [0.2, 0.25) is 0 Å². The van der Waals surface area contributed by atoms with E-state index in [1.54, 1.807) is 0 Å². The Morgan fingerprint density at radius 3 is 2.54 bits per heavy atom. The normalized spacial score (nSPS) is 35.8. The van der Waals surface area contributed by atoms with E-state index in [2.05, 4.69) is 9.47 Å². The minimum absolute atomic E-state index is 0.535. The van der Waals surface area contributed by atoms with Crippen molar-refractivity contribution >= 4 is 5.97 Å². The molecule has 1 saturated heterocycles. The molecule has 76 valence electrons. The lowest BCUT2D eigenvalue weighted by Gasteiger charge is -2.36. The van der Waals surface area contributed by atoms with Crippen molar-refractivity contribution < 1.29 is 32.5 Å². The summed E-state index contributed by atoms with van der Waals surface area (Å²) in [6.07, 6.45) is -7.22. The Kier molecular flexibility index (Phi) is 2.25. The van der Waals surface area contributed by atoms with Crippen LogP contribution in [-0.2, 0) is 14.3 Å². The zero-order chi connectivity index (χ0) is 10.3. The Balaban J connectivity index is 2.84. The summed E-state index contributed by atoms with van der Waals surface area (Å²) >= 11 is 0. The molecule has 0 spiro atoms. The van der Waals surface area contributed by atoms with Gasteiger partial charge >= 0.3 is 17.9 Å². The first-order chi connectivity index (χ1) is 5.74. The van der Waals surface area contributed by atoms with Gasteiger partial charge in [-0.05, 0) is 0 Å². The molecule has 1 N–H and O–H groups in total. The van der Waals surface area contributed by atoms with Gasteiger partial charge in [0, 0.05) is 6.92 Å². The third-order valence-corrected chi connectivity index (χ3v) is 1.53. The van der Waals surface area contributed by atoms with E-state index in [9.17, 15) is 18.0 Å². The van der Waals surface area contributed by atoms with Crippen molar-refractivity contribution in [3.8, 4) is 0 Å². The number of rotatable bonds is 0. The fourth-order valence-electron chi connectivity index (χ4n) is 0.851. The topological polar surface area (TPSA) is 55.8 Å². The van der Waals surface area contributed by atoms with E-state index in [0.717, 1.165) is 0 Å². The van der Waals surface area contributed by atoms with Crippen molar-refractivity contribution in [2.75, 3.05) is 0 Å². The third kappa shape index (κ3) is 1.92. The van der Waals surface area contributed by atoms with Crippen LogP contribution in [0, 0.1) is 0 Å². The van der Waals surface area contributed by atoms with Crippen molar-refractivity contribution in [2.24, 2.45) is 0 Å². The second-order valence-corrected chi connectivity index (χ2v) is 2.69. The van der Waals surface area contributed by atoms with E-state index in [1.165, 1.54) is 0 Å². The maximum absolute atomic E-state index is 12.2. The Bertz CT molecular complexity index is 226. The molecule has 0 saturated carbocycles. The summed E-state index contributed by atoms with van der Waals surface area (Å²) in [5.41, 5.74) is 0. The summed E-state index contributed by atoms with van der Waals surface area (Å²) in [6.45, 7) is 0.535. The van der Waals surface area contributed by atoms with Crippen LogP contribution >= 0.6 is 0 Å². The predicted molar refractivity (Wildman–Crippen MR) is 32.3 cm³/mol. The zero-order valence-corrected chi connectivity index (χ0v) is 6.59. The fraction of sp³-hybridized carbons (Fsp3) is 0.833. The molecule has 0 bridgehead atoms. The van der Waals surface area contributed by atoms with E-state index in [1.807, 2.05) is 0 Å². The van der Waals surface area contributed by atoms with Gasteiger partial charge in [0.2, 0.25) is 0 Å². The SMILES string of the molecule is CC1(C(F)(F)F)OC(=O)CC(O)O1. The van der Waals surface area contributed by atoms with Gasteiger partial charge in [0.1, 0.15) is 0 Å². The predicted octanol–water partition coefficient (Wildman–Crippen LogP) is 0.547. The highest BCUT2D eigenvalue weighted by Gasteiger charge is 2.59. The highest BCUT2D eigenvalue weighted by Crippen LogP contribution is 2.38. The molecule has 1 aliphatic heterocycles. The van der Waals surface area contributed by atoms with Gasteiger partial charge < -0.3 is 14.6 Å². The fourth-order valence-corrected chi connectivity index (χ4v) is 0.851. The highest BCUT2D eigenvalue weighted by molar-refractivity contribution is 5.70. The van der Waals surface area contributed by atoms with Crippen LogP contribution in [0.15, 0.2) is 0 Å². The molecule has 13 heavy (non-hydrogen) atoms. The molecule has 0 aromatic heterocycles. The summed E-state index contributed by atoms with van der Waals surface area (Å²) in [7, 11) is 0. The number of esters is 1. The van der Waals surface area contributed by atoms with E-state index in [-0.39, 0.29) is 0 Å². The summed E-state index contributed by atoms with van der Waals surface area (Å²) in [4.78, 5) is 10.6. The molecule has 0 amide bonds. The van der Waals surface area contributed by atoms with Gasteiger partial charge in [-0.3, -0.25) is 4.79 Å². The molecule has 0 aromatic rings. The van der Waals surface area contributed by atoms with Crippen molar-refractivity contribution in [1.82, 2.24) is 0 Å². The molecule has 1 fully saturated rings. The minimum Gasteiger partial charge on any atom is -0.423 e. The molecule has 0 aliphatic carbocycles. The number of alkyl halides is 3. The lowest BCUT2D eigenvalue weighted by molar-refractivity contribution is -0.403. The second-order valence-electron chi connectivity index (χ2n) is 2.69. The number of halogens is 3. The van der Waals surface area contributed by atoms with Crippen molar-refractivity contribution in [3.05, 3.63) is 0 Å². The Morgan fingerprint density at radius 1 is 1.62 bits per heavy atom. The lowest BCUT2D eigenvalue weighted by atomic mass is 10.2. The number of aliphatic hydroxyl groups is 1. The summed E-state index contributed by atoms with van der Waals surface area (Å²) in [5, 5.41) is 8.76. The molecule has 1 aliphatic rings. The molecule has 0 aromatic carbocycles. The van der Waals surface area contributed by atoms with Crippen molar-refractivity contribution in [3.63, 3.8) is 0 Å². The maximum atomic E-state index is 12.2. The van der Waals surface area contributed by atoms with Crippen LogP contribution in [0.5, 0.6) is 0 Å². The molecule has 2 unspecified atom stereocenters. The second kappa shape index (κ2) is 2.85. The monoisotopic (exact) mass is 200 g/mol. The van der Waals surface area contributed by atoms with Gasteiger partial charge in [0.15, 0.2) is 6.29 Å². The molecule has 1 heterocycles. The number of cyclic esters (lactones) is 1. The third-order valence-electron chi connectivity index (χ3n) is 1.53. The highest BCUT2D eigenvalue weighted by atomic mass is 19.4. The smallest absolute Gasteiger partial charge is 0.423 e. The molecule has 2 atom stereocenters. The molecule has 1 rings (SSSR count). The molecular weight excluding hydrogens is 193 g/mol. The molecule has 4 nitrogen and oxygen atoms in total. The van der Waals surface area contributed by atoms with Crippen LogP contribution in [0.25, 0.3) is 0 Å². The first-order valence-electron chi connectivity index (χ1n) is 3.39. The number of hydrogen-bond acceptors (Lipinski definition) is 4. The van der Waals surface area contributed by atoms with Crippen LogP contribution in [-0.4, -0.2) is 29.3 Å². The number of hydrogen-bond donors (Lipinski definition) is 1. The summed E-state index contributed by atoms with van der Waals surface area (Å²) in [5.74, 6) is -4.18. The van der Waals surface area contributed by atoms with Gasteiger partial charge in [0.25, 0.3) is 0 Å². The number of ether oxygens (including phenoxy) is 2. The van der Waals surface area contributed by atoms with Gasteiger partial charge in [0.05, 0.1) is 6.42 Å². The Morgan fingerprint density at radius 2 is 2.15 bits per heavy atom. The van der Waals surface area contributed by atoms with Crippen LogP contribution in [0.3, 0.4) is 0 Å². The van der Waals surface area contributed by atoms with E-state index >= 15 is 0 Å². The number of carbonyl (C=O) groups is 1. The molecule has 7 heteroatoms. The van der Waals surface area contributed by atoms with E-state index in [4.69, 9.17) is 5.11 Å². The van der Waals surface area contributed by atoms with Crippen molar-refractivity contribution in [2.45, 2.75) is 31.6 Å². The standard InChI is InChI=1S/C6H7F3O4/c1-5(6(7,8)9)12-3(10)2-4(11)13-5/h3,10H,2H2,1H3. The van der Waals surface area contributed by atoms with E-state index < -0.39 is 30.6 Å². The number of carbonyl (C=O) groups excluding carboxylic acids is 1. The van der Waals surface area contributed by atoms with Gasteiger partial charge in [-0.25, -0.2) is 0 Å². The zero-order valence-electron chi connectivity index (χ0n) is 6.59. The van der Waals surface area contributed by atoms with Gasteiger partial charge in [-0.15, -0.1) is 0 Å². The van der Waals surface area contributed by atoms with Gasteiger partial charge in [-0.2, -0.15) is 13.2 Å².